The van der Waals surface area contributed by atoms with E-state index in [0.717, 1.165) is 0 Å². The van der Waals surface area contributed by atoms with E-state index in [0.29, 0.717) is 21.3 Å². The van der Waals surface area contributed by atoms with E-state index in [1.807, 2.05) is 0 Å². The Morgan fingerprint density at radius 3 is 2.79 bits per heavy atom. The summed E-state index contributed by atoms with van der Waals surface area (Å²) in [7, 11) is 1.75. The maximum Gasteiger partial charge on any atom is 0.214 e. The predicted octanol–water partition coefficient (Wildman–Crippen LogP) is 0.708. The molecule has 2 rings (SSSR count). The number of nitrogens with zero attached hydrogens (tertiary/aromatic N) is 4. The van der Waals surface area contributed by atoms with E-state index in [9.17, 15) is 0 Å². The van der Waals surface area contributed by atoms with Gasteiger partial charge in [0.2, 0.25) is 10.6 Å². The molecule has 8 heteroatoms. The van der Waals surface area contributed by atoms with Gasteiger partial charge in [-0.2, -0.15) is 10.2 Å². The molecule has 3 N–H and O–H groups in total. The van der Waals surface area contributed by atoms with Gasteiger partial charge in [0.25, 0.3) is 0 Å². The molecule has 14 heavy (non-hydrogen) atoms. The lowest BCUT2D eigenvalue weighted by Crippen LogP contribution is -2.11. The number of H-pyrrole nitrogens is 1. The first-order valence-corrected chi connectivity index (χ1v) is 4.50. The van der Waals surface area contributed by atoms with Gasteiger partial charge in [-0.05, 0) is 12.2 Å². The fourth-order valence-electron chi connectivity index (χ4n) is 1.13. The van der Waals surface area contributed by atoms with Crippen LogP contribution >= 0.6 is 23.8 Å². The molecule has 0 atom stereocenters. The van der Waals surface area contributed by atoms with Crippen molar-refractivity contribution in [3.63, 3.8) is 0 Å². The minimum atomic E-state index is 0.331. The van der Waals surface area contributed by atoms with Gasteiger partial charge in [-0.15, -0.1) is 0 Å². The molecule has 0 aliphatic heterocycles. The van der Waals surface area contributed by atoms with Gasteiger partial charge in [0.1, 0.15) is 5.69 Å². The van der Waals surface area contributed by atoms with Crippen molar-refractivity contribution in [3.8, 4) is 11.5 Å². The fourth-order valence-corrected chi connectivity index (χ4v) is 1.52. The molecule has 2 aromatic heterocycles. The SMILES string of the molecule is Cn1ncc(Cl)c1-c1n[nH]c(=S)n1N. The Hall–Kier alpha value is -1.34. The molecule has 0 aliphatic carbocycles. The molecule has 2 heterocycles. The molecule has 2 aromatic rings. The van der Waals surface area contributed by atoms with Crippen LogP contribution in [0.3, 0.4) is 0 Å². The van der Waals surface area contributed by atoms with Crippen molar-refractivity contribution in [2.24, 2.45) is 7.05 Å². The number of aromatic amines is 1. The number of hydrogen-bond donors (Lipinski definition) is 2. The Balaban J connectivity index is 2.71. The van der Waals surface area contributed by atoms with Crippen molar-refractivity contribution in [1.29, 1.82) is 0 Å². The summed E-state index contributed by atoms with van der Waals surface area (Å²) in [6.07, 6.45) is 1.52. The van der Waals surface area contributed by atoms with Crippen molar-refractivity contribution in [2.75, 3.05) is 5.84 Å². The average molecular weight is 231 g/mol. The van der Waals surface area contributed by atoms with Crippen molar-refractivity contribution in [1.82, 2.24) is 24.7 Å². The topological polar surface area (TPSA) is 77.5 Å². The third-order valence-electron chi connectivity index (χ3n) is 1.81. The molecule has 74 valence electrons. The Morgan fingerprint density at radius 2 is 2.36 bits per heavy atom. The first-order chi connectivity index (χ1) is 6.61. The highest BCUT2D eigenvalue weighted by atomic mass is 35.5. The minimum absolute atomic E-state index is 0.331. The van der Waals surface area contributed by atoms with E-state index in [1.165, 1.54) is 10.9 Å². The van der Waals surface area contributed by atoms with Gasteiger partial charge in [0.15, 0.2) is 0 Å². The van der Waals surface area contributed by atoms with Crippen LogP contribution in [0.4, 0.5) is 0 Å². The molecule has 0 saturated carbocycles. The lowest BCUT2D eigenvalue weighted by atomic mass is 10.4. The summed E-state index contributed by atoms with van der Waals surface area (Å²) in [5, 5.41) is 11.0. The smallest absolute Gasteiger partial charge is 0.214 e. The number of hydrogen-bond acceptors (Lipinski definition) is 4. The van der Waals surface area contributed by atoms with Crippen LogP contribution in [0.5, 0.6) is 0 Å². The van der Waals surface area contributed by atoms with Gasteiger partial charge in [-0.1, -0.05) is 11.6 Å². The van der Waals surface area contributed by atoms with Gasteiger partial charge in [-0.3, -0.25) is 4.68 Å². The summed E-state index contributed by atoms with van der Waals surface area (Å²) in [6, 6.07) is 0. The summed E-state index contributed by atoms with van der Waals surface area (Å²) >= 11 is 10.8. The van der Waals surface area contributed by atoms with E-state index in [4.69, 9.17) is 29.7 Å². The van der Waals surface area contributed by atoms with Crippen molar-refractivity contribution in [3.05, 3.63) is 16.0 Å². The van der Waals surface area contributed by atoms with Crippen LogP contribution in [0, 0.1) is 4.77 Å². The van der Waals surface area contributed by atoms with E-state index in [-0.39, 0.29) is 0 Å². The normalized spacial score (nSPS) is 10.7. The lowest BCUT2D eigenvalue weighted by Gasteiger charge is -2.00. The summed E-state index contributed by atoms with van der Waals surface area (Å²) in [6.45, 7) is 0. The Kier molecular flexibility index (Phi) is 2.05. The number of nitrogens with one attached hydrogen (secondary N) is 1. The van der Waals surface area contributed by atoms with Crippen LogP contribution in [0.15, 0.2) is 6.20 Å². The molecule has 0 amide bonds. The van der Waals surface area contributed by atoms with Crippen LogP contribution < -0.4 is 5.84 Å². The Bertz CT molecular complexity index is 503. The van der Waals surface area contributed by atoms with Gasteiger partial charge in [0, 0.05) is 7.05 Å². The second-order valence-electron chi connectivity index (χ2n) is 2.69. The molecule has 0 aromatic carbocycles. The summed E-state index contributed by atoms with van der Waals surface area (Å²) in [5.74, 6) is 6.11. The van der Waals surface area contributed by atoms with E-state index in [2.05, 4.69) is 15.3 Å². The zero-order chi connectivity index (χ0) is 10.3. The molecule has 6 nitrogen and oxygen atoms in total. The number of rotatable bonds is 1. The highest BCUT2D eigenvalue weighted by Gasteiger charge is 2.14. The monoisotopic (exact) mass is 230 g/mol. The molecule has 0 unspecified atom stereocenters. The first-order valence-electron chi connectivity index (χ1n) is 3.71. The van der Waals surface area contributed by atoms with Crippen LogP contribution in [0.2, 0.25) is 5.02 Å². The fraction of sp³-hybridized carbons (Fsp3) is 0.167. The number of nitrogens with two attached hydrogens (primary N) is 1. The van der Waals surface area contributed by atoms with E-state index in [1.54, 1.807) is 11.7 Å². The van der Waals surface area contributed by atoms with E-state index < -0.39 is 0 Å². The van der Waals surface area contributed by atoms with Gasteiger partial charge >= 0.3 is 0 Å². The number of halogens is 1. The molecule has 0 saturated heterocycles. The molecular weight excluding hydrogens is 224 g/mol. The van der Waals surface area contributed by atoms with Crippen LogP contribution in [-0.4, -0.2) is 24.7 Å². The minimum Gasteiger partial charge on any atom is -0.335 e. The zero-order valence-electron chi connectivity index (χ0n) is 7.23. The number of aryl methyl sites for hydroxylation is 1. The molecule has 0 spiro atoms. The van der Waals surface area contributed by atoms with Crippen LogP contribution in [-0.2, 0) is 7.05 Å². The quantitative estimate of drug-likeness (QED) is 0.559. The second-order valence-corrected chi connectivity index (χ2v) is 3.48. The van der Waals surface area contributed by atoms with Crippen LogP contribution in [0.1, 0.15) is 0 Å². The van der Waals surface area contributed by atoms with E-state index >= 15 is 0 Å². The summed E-state index contributed by atoms with van der Waals surface area (Å²) < 4.78 is 3.16. The Labute approximate surface area is 89.3 Å². The molecule has 0 fully saturated rings. The van der Waals surface area contributed by atoms with Crippen molar-refractivity contribution in [2.45, 2.75) is 0 Å². The molecular formula is C6H7ClN6S. The third-order valence-corrected chi connectivity index (χ3v) is 2.37. The third kappa shape index (κ3) is 1.21. The Morgan fingerprint density at radius 1 is 1.64 bits per heavy atom. The van der Waals surface area contributed by atoms with Crippen molar-refractivity contribution < 1.29 is 0 Å². The summed E-state index contributed by atoms with van der Waals surface area (Å²) in [4.78, 5) is 0. The largest absolute Gasteiger partial charge is 0.335 e. The zero-order valence-corrected chi connectivity index (χ0v) is 8.80. The first kappa shape index (κ1) is 9.22. The standard InChI is InChI=1S/C6H7ClN6S/c1-12-4(3(7)2-9-12)5-10-11-6(14)13(5)8/h2H,8H2,1H3,(H,11,14). The summed E-state index contributed by atoms with van der Waals surface area (Å²) in [5.41, 5.74) is 0.626. The number of nitrogen functional groups attached to an aromatic ring is 1. The number of aromatic nitrogens is 5. The predicted molar refractivity (Wildman–Crippen MR) is 54.8 cm³/mol. The lowest BCUT2D eigenvalue weighted by molar-refractivity contribution is 0.765. The second kappa shape index (κ2) is 3.10. The highest BCUT2D eigenvalue weighted by molar-refractivity contribution is 7.71. The maximum absolute atomic E-state index is 5.92. The van der Waals surface area contributed by atoms with Gasteiger partial charge < -0.3 is 5.84 Å². The van der Waals surface area contributed by atoms with Gasteiger partial charge in [0.05, 0.1) is 11.2 Å². The van der Waals surface area contributed by atoms with Crippen molar-refractivity contribution >= 4 is 23.8 Å². The van der Waals surface area contributed by atoms with Gasteiger partial charge in [-0.25, -0.2) is 9.77 Å². The highest BCUT2D eigenvalue weighted by Crippen LogP contribution is 2.23. The maximum atomic E-state index is 5.92. The average Bonchev–Trinajstić information content (AvgIpc) is 2.62. The van der Waals surface area contributed by atoms with Crippen LogP contribution in [0.25, 0.3) is 11.5 Å². The molecule has 0 aliphatic rings. The molecule has 0 radical (unpaired) electrons. The molecule has 0 bridgehead atoms.